The average Bonchev–Trinajstić information content (AvgIpc) is 2.62. The van der Waals surface area contributed by atoms with Gasteiger partial charge in [0.05, 0.1) is 22.7 Å². The van der Waals surface area contributed by atoms with Crippen molar-refractivity contribution in [1.29, 1.82) is 5.26 Å². The molecule has 4 rings (SSSR count). The fourth-order valence-corrected chi connectivity index (χ4v) is 2.75. The number of hydrogen-bond donors (Lipinski definition) is 0. The first-order chi connectivity index (χ1) is 11.3. The molecule has 0 aliphatic carbocycles. The van der Waals surface area contributed by atoms with Crippen LogP contribution in [0.15, 0.2) is 77.5 Å². The topological polar surface area (TPSA) is 49.6 Å². The number of nitrogens with zero attached hydrogens (tertiary/aromatic N) is 3. The Morgan fingerprint density at radius 2 is 1.35 bits per heavy atom. The van der Waals surface area contributed by atoms with Crippen LogP contribution in [0.2, 0.25) is 0 Å². The summed E-state index contributed by atoms with van der Waals surface area (Å²) < 4.78 is 1.10. The van der Waals surface area contributed by atoms with Crippen LogP contribution in [0.3, 0.4) is 0 Å². The van der Waals surface area contributed by atoms with Gasteiger partial charge in [0.25, 0.3) is 0 Å². The highest BCUT2D eigenvalue weighted by Gasteiger charge is 1.97. The molecule has 3 nitrogen and oxygen atoms in total. The fourth-order valence-electron chi connectivity index (χ4n) is 2.27. The van der Waals surface area contributed by atoms with Gasteiger partial charge in [0, 0.05) is 27.6 Å². The smallest absolute Gasteiger partial charge is 0.0998 e. The molecule has 0 fully saturated rings. The average molecular weight is 362 g/mol. The zero-order chi connectivity index (χ0) is 16.1. The summed E-state index contributed by atoms with van der Waals surface area (Å²) in [5.41, 5.74) is 2.58. The molecule has 0 radical (unpaired) electrons. The molecule has 0 N–H and O–H groups in total. The van der Waals surface area contributed by atoms with Crippen LogP contribution in [-0.4, -0.2) is 9.97 Å². The number of pyridine rings is 2. The zero-order valence-electron chi connectivity index (χ0n) is 12.1. The van der Waals surface area contributed by atoms with Crippen LogP contribution in [0, 0.1) is 11.3 Å². The molecule has 2 heterocycles. The van der Waals surface area contributed by atoms with E-state index in [-0.39, 0.29) is 0 Å². The quantitative estimate of drug-likeness (QED) is 0.437. The van der Waals surface area contributed by atoms with Gasteiger partial charge in [-0.15, -0.1) is 0 Å². The Kier molecular flexibility index (Phi) is 4.60. The summed E-state index contributed by atoms with van der Waals surface area (Å²) in [5.74, 6) is 0. The van der Waals surface area contributed by atoms with Crippen molar-refractivity contribution in [2.24, 2.45) is 0 Å². The number of fused-ring (bicyclic) bond motifs is 2. The second-order valence-electron chi connectivity index (χ2n) is 4.80. The highest BCUT2D eigenvalue weighted by Crippen LogP contribution is 2.21. The molecular weight excluding hydrogens is 350 g/mol. The second-order valence-corrected chi connectivity index (χ2v) is 5.65. The molecule has 0 aliphatic heterocycles. The summed E-state index contributed by atoms with van der Waals surface area (Å²) in [6.45, 7) is 0. The molecule has 0 spiro atoms. The lowest BCUT2D eigenvalue weighted by atomic mass is 10.1. The molecule has 0 bridgehead atoms. The van der Waals surface area contributed by atoms with Gasteiger partial charge in [0.1, 0.15) is 0 Å². The maximum absolute atomic E-state index is 8.76. The van der Waals surface area contributed by atoms with E-state index in [9.17, 15) is 0 Å². The van der Waals surface area contributed by atoms with Crippen LogP contribution < -0.4 is 0 Å². The molecule has 4 aromatic rings. The van der Waals surface area contributed by atoms with Gasteiger partial charge in [-0.25, -0.2) is 0 Å². The van der Waals surface area contributed by atoms with Gasteiger partial charge in [-0.2, -0.15) is 5.26 Å². The number of aromatic nitrogens is 2. The lowest BCUT2D eigenvalue weighted by molar-refractivity contribution is 1.40. The standard InChI is InChI=1S/C10H6N2.C9H6BrN/c11-7-8-3-1-5-10-9(8)4-2-6-12-10;10-8-4-1-5-9-7(8)3-2-6-11-9/h1-6H;1-6H. The lowest BCUT2D eigenvalue weighted by Crippen LogP contribution is -1.80. The SMILES string of the molecule is Brc1cccc2ncccc12.N#Cc1cccc2ncccc12. The van der Waals surface area contributed by atoms with Crippen molar-refractivity contribution in [3.8, 4) is 6.07 Å². The summed E-state index contributed by atoms with van der Waals surface area (Å²) in [5, 5.41) is 10.8. The van der Waals surface area contributed by atoms with Crippen LogP contribution in [0.1, 0.15) is 5.56 Å². The van der Waals surface area contributed by atoms with Crippen molar-refractivity contribution >= 4 is 37.7 Å². The zero-order valence-corrected chi connectivity index (χ0v) is 13.7. The van der Waals surface area contributed by atoms with Crippen molar-refractivity contribution in [3.05, 3.63) is 83.1 Å². The van der Waals surface area contributed by atoms with Crippen molar-refractivity contribution in [2.45, 2.75) is 0 Å². The maximum atomic E-state index is 8.76. The Bertz CT molecular complexity index is 995. The molecule has 110 valence electrons. The summed E-state index contributed by atoms with van der Waals surface area (Å²) in [7, 11) is 0. The number of rotatable bonds is 0. The van der Waals surface area contributed by atoms with E-state index in [0.29, 0.717) is 5.56 Å². The molecule has 0 unspecified atom stereocenters. The van der Waals surface area contributed by atoms with Crippen molar-refractivity contribution in [1.82, 2.24) is 9.97 Å². The summed E-state index contributed by atoms with van der Waals surface area (Å²) in [4.78, 5) is 8.35. The van der Waals surface area contributed by atoms with E-state index < -0.39 is 0 Å². The molecule has 0 saturated carbocycles. The van der Waals surface area contributed by atoms with Gasteiger partial charge < -0.3 is 0 Å². The van der Waals surface area contributed by atoms with E-state index >= 15 is 0 Å². The van der Waals surface area contributed by atoms with Gasteiger partial charge in [0.2, 0.25) is 0 Å². The highest BCUT2D eigenvalue weighted by atomic mass is 79.9. The molecule has 0 saturated heterocycles. The third-order valence-corrected chi connectivity index (χ3v) is 4.05. The second kappa shape index (κ2) is 6.99. The van der Waals surface area contributed by atoms with Crippen molar-refractivity contribution in [2.75, 3.05) is 0 Å². The molecule has 0 aliphatic rings. The molecular formula is C19H12BrN3. The van der Waals surface area contributed by atoms with Gasteiger partial charge in [-0.3, -0.25) is 9.97 Å². The van der Waals surface area contributed by atoms with Gasteiger partial charge in [-0.1, -0.05) is 34.1 Å². The number of nitriles is 1. The van der Waals surface area contributed by atoms with Crippen molar-refractivity contribution in [3.63, 3.8) is 0 Å². The highest BCUT2D eigenvalue weighted by molar-refractivity contribution is 9.10. The first kappa shape index (κ1) is 15.1. The van der Waals surface area contributed by atoms with Gasteiger partial charge >= 0.3 is 0 Å². The first-order valence-electron chi connectivity index (χ1n) is 7.02. The number of benzene rings is 2. The lowest BCUT2D eigenvalue weighted by Gasteiger charge is -1.96. The van der Waals surface area contributed by atoms with Crippen LogP contribution in [0.4, 0.5) is 0 Å². The Morgan fingerprint density at radius 1 is 0.739 bits per heavy atom. The molecule has 23 heavy (non-hydrogen) atoms. The molecule has 0 atom stereocenters. The number of halogens is 1. The summed E-state index contributed by atoms with van der Waals surface area (Å²) in [6, 6.07) is 21.4. The maximum Gasteiger partial charge on any atom is 0.0998 e. The summed E-state index contributed by atoms with van der Waals surface area (Å²) >= 11 is 3.46. The fraction of sp³-hybridized carbons (Fsp3) is 0. The largest absolute Gasteiger partial charge is 0.256 e. The Hall–Kier alpha value is -2.77. The van der Waals surface area contributed by atoms with Crippen LogP contribution >= 0.6 is 15.9 Å². The minimum absolute atomic E-state index is 0.681. The minimum atomic E-state index is 0.681. The minimum Gasteiger partial charge on any atom is -0.256 e. The molecule has 2 aromatic carbocycles. The summed E-state index contributed by atoms with van der Waals surface area (Å²) in [6.07, 6.45) is 3.53. The first-order valence-corrected chi connectivity index (χ1v) is 7.82. The van der Waals surface area contributed by atoms with Crippen LogP contribution in [-0.2, 0) is 0 Å². The molecule has 4 heteroatoms. The predicted molar refractivity (Wildman–Crippen MR) is 95.9 cm³/mol. The van der Waals surface area contributed by atoms with Crippen LogP contribution in [0.5, 0.6) is 0 Å². The third kappa shape index (κ3) is 3.36. The van der Waals surface area contributed by atoms with Gasteiger partial charge in [0.15, 0.2) is 0 Å². The predicted octanol–water partition coefficient (Wildman–Crippen LogP) is 5.10. The Balaban J connectivity index is 0.000000136. The Labute approximate surface area is 142 Å². The molecule has 0 amide bonds. The van der Waals surface area contributed by atoms with Gasteiger partial charge in [-0.05, 0) is 42.5 Å². The third-order valence-electron chi connectivity index (χ3n) is 3.36. The van der Waals surface area contributed by atoms with E-state index in [0.717, 1.165) is 26.3 Å². The normalized spacial score (nSPS) is 9.91. The van der Waals surface area contributed by atoms with E-state index in [4.69, 9.17) is 5.26 Å². The van der Waals surface area contributed by atoms with E-state index in [2.05, 4.69) is 32.0 Å². The van der Waals surface area contributed by atoms with Crippen LogP contribution in [0.25, 0.3) is 21.8 Å². The van der Waals surface area contributed by atoms with E-state index in [1.165, 1.54) is 0 Å². The van der Waals surface area contributed by atoms with Crippen molar-refractivity contribution < 1.29 is 0 Å². The number of hydrogen-bond acceptors (Lipinski definition) is 3. The van der Waals surface area contributed by atoms with E-state index in [1.54, 1.807) is 18.5 Å². The molecule has 2 aromatic heterocycles. The monoisotopic (exact) mass is 361 g/mol. The Morgan fingerprint density at radius 3 is 2.00 bits per heavy atom. The van der Waals surface area contributed by atoms with E-state index in [1.807, 2.05) is 54.6 Å².